The largest absolute Gasteiger partial charge is 0.322 e. The summed E-state index contributed by atoms with van der Waals surface area (Å²) in [5, 5.41) is 3.06. The molecule has 0 saturated carbocycles. The minimum absolute atomic E-state index is 0.00489. The highest BCUT2D eigenvalue weighted by Gasteiger charge is 2.15. The molecule has 8 nitrogen and oxygen atoms in total. The van der Waals surface area contributed by atoms with E-state index in [0.717, 1.165) is 6.26 Å². The predicted octanol–water partition coefficient (Wildman–Crippen LogP) is 4.42. The average molecular weight is 514 g/mol. The third kappa shape index (κ3) is 6.36. The van der Waals surface area contributed by atoms with Crippen molar-refractivity contribution in [3.05, 3.63) is 82.3 Å². The van der Waals surface area contributed by atoms with Crippen molar-refractivity contribution < 1.29 is 21.6 Å². The number of rotatable bonds is 7. The SMILES string of the molecule is CS(=O)(=O)Nc1ccc(C(=O)Nc2ccc(S(=O)(=O)Nc3cccc(Cl)c3)cc2)cc1Cl. The van der Waals surface area contributed by atoms with Crippen molar-refractivity contribution in [1.82, 2.24) is 0 Å². The van der Waals surface area contributed by atoms with Gasteiger partial charge in [-0.2, -0.15) is 0 Å². The fourth-order valence-electron chi connectivity index (χ4n) is 2.63. The number of benzene rings is 3. The molecule has 0 aliphatic heterocycles. The second kappa shape index (κ2) is 9.37. The van der Waals surface area contributed by atoms with E-state index in [-0.39, 0.29) is 21.2 Å². The van der Waals surface area contributed by atoms with Crippen LogP contribution in [0.2, 0.25) is 10.0 Å². The molecule has 0 unspecified atom stereocenters. The van der Waals surface area contributed by atoms with Crippen LogP contribution in [0.5, 0.6) is 0 Å². The Hall–Kier alpha value is -2.79. The van der Waals surface area contributed by atoms with E-state index in [1.165, 1.54) is 48.5 Å². The van der Waals surface area contributed by atoms with Crippen molar-refractivity contribution in [3.63, 3.8) is 0 Å². The maximum Gasteiger partial charge on any atom is 0.261 e. The number of amides is 1. The second-order valence-electron chi connectivity index (χ2n) is 6.66. The molecule has 32 heavy (non-hydrogen) atoms. The van der Waals surface area contributed by atoms with Gasteiger partial charge in [0.15, 0.2) is 0 Å². The van der Waals surface area contributed by atoms with E-state index in [9.17, 15) is 21.6 Å². The number of hydrogen-bond donors (Lipinski definition) is 3. The van der Waals surface area contributed by atoms with Gasteiger partial charge in [-0.3, -0.25) is 14.2 Å². The molecule has 12 heteroatoms. The molecular formula is C20H17Cl2N3O5S2. The van der Waals surface area contributed by atoms with Gasteiger partial charge in [0.25, 0.3) is 15.9 Å². The lowest BCUT2D eigenvalue weighted by molar-refractivity contribution is 0.102. The summed E-state index contributed by atoms with van der Waals surface area (Å²) in [5.41, 5.74) is 1.01. The topological polar surface area (TPSA) is 121 Å². The summed E-state index contributed by atoms with van der Waals surface area (Å²) in [5.74, 6) is -0.509. The van der Waals surface area contributed by atoms with Gasteiger partial charge in [0, 0.05) is 16.3 Å². The van der Waals surface area contributed by atoms with Crippen molar-refractivity contribution in [3.8, 4) is 0 Å². The van der Waals surface area contributed by atoms with Crippen LogP contribution in [0.3, 0.4) is 0 Å². The Morgan fingerprint density at radius 2 is 1.50 bits per heavy atom. The summed E-state index contributed by atoms with van der Waals surface area (Å²) in [6, 6.07) is 15.9. The molecule has 0 fully saturated rings. The Morgan fingerprint density at radius 1 is 0.812 bits per heavy atom. The van der Waals surface area contributed by atoms with Crippen LogP contribution >= 0.6 is 23.2 Å². The zero-order valence-electron chi connectivity index (χ0n) is 16.5. The predicted molar refractivity (Wildman–Crippen MR) is 127 cm³/mol. The lowest BCUT2D eigenvalue weighted by Crippen LogP contribution is -2.14. The van der Waals surface area contributed by atoms with E-state index < -0.39 is 26.0 Å². The molecule has 168 valence electrons. The van der Waals surface area contributed by atoms with Gasteiger partial charge in [-0.05, 0) is 60.7 Å². The van der Waals surface area contributed by atoms with Gasteiger partial charge in [0.05, 0.1) is 27.5 Å². The molecule has 0 aliphatic carbocycles. The van der Waals surface area contributed by atoms with Gasteiger partial charge in [-0.15, -0.1) is 0 Å². The number of hydrogen-bond acceptors (Lipinski definition) is 5. The summed E-state index contributed by atoms with van der Waals surface area (Å²) in [6.07, 6.45) is 0.984. The Kier molecular flexibility index (Phi) is 6.99. The number of sulfonamides is 2. The number of nitrogens with one attached hydrogen (secondary N) is 3. The monoisotopic (exact) mass is 513 g/mol. The second-order valence-corrected chi connectivity index (χ2v) is 10.9. The zero-order chi connectivity index (χ0) is 23.5. The van der Waals surface area contributed by atoms with E-state index in [1.54, 1.807) is 18.2 Å². The average Bonchev–Trinajstić information content (AvgIpc) is 2.68. The Balaban J connectivity index is 1.71. The fourth-order valence-corrected chi connectivity index (χ4v) is 4.73. The van der Waals surface area contributed by atoms with Gasteiger partial charge in [0.2, 0.25) is 10.0 Å². The van der Waals surface area contributed by atoms with Crippen molar-refractivity contribution in [1.29, 1.82) is 0 Å². The van der Waals surface area contributed by atoms with Crippen LogP contribution in [0, 0.1) is 0 Å². The molecule has 3 rings (SSSR count). The molecule has 0 aromatic heterocycles. The third-order valence-corrected chi connectivity index (χ3v) is 6.56. The minimum Gasteiger partial charge on any atom is -0.322 e. The molecule has 3 N–H and O–H groups in total. The van der Waals surface area contributed by atoms with Crippen molar-refractivity contribution in [2.75, 3.05) is 21.0 Å². The smallest absolute Gasteiger partial charge is 0.261 e. The molecule has 0 heterocycles. The minimum atomic E-state index is -3.85. The van der Waals surface area contributed by atoms with Crippen LogP contribution in [-0.2, 0) is 20.0 Å². The molecule has 0 radical (unpaired) electrons. The molecule has 0 atom stereocenters. The van der Waals surface area contributed by atoms with Gasteiger partial charge < -0.3 is 5.32 Å². The lowest BCUT2D eigenvalue weighted by atomic mass is 10.2. The zero-order valence-corrected chi connectivity index (χ0v) is 19.6. The molecule has 1 amide bonds. The van der Waals surface area contributed by atoms with E-state index in [4.69, 9.17) is 23.2 Å². The first-order valence-corrected chi connectivity index (χ1v) is 13.0. The Labute approximate surface area is 195 Å². The quantitative estimate of drug-likeness (QED) is 0.431. The highest BCUT2D eigenvalue weighted by molar-refractivity contribution is 7.92. The van der Waals surface area contributed by atoms with Crippen LogP contribution in [0.1, 0.15) is 10.4 Å². The highest BCUT2D eigenvalue weighted by atomic mass is 35.5. The summed E-state index contributed by atoms with van der Waals surface area (Å²) >= 11 is 11.9. The van der Waals surface area contributed by atoms with Gasteiger partial charge in [-0.25, -0.2) is 16.8 Å². The standard InChI is InChI=1S/C20H17Cl2N3O5S2/c1-31(27,28)25-19-10-5-13(11-18(19)22)20(26)23-15-6-8-17(9-7-15)32(29,30)24-16-4-2-3-14(21)12-16/h2-12,24-25H,1H3,(H,23,26). The highest BCUT2D eigenvalue weighted by Crippen LogP contribution is 2.25. The molecule has 0 saturated heterocycles. The number of carbonyl (C=O) groups excluding carboxylic acids is 1. The first kappa shape index (κ1) is 23.9. The first-order chi connectivity index (χ1) is 14.9. The van der Waals surface area contributed by atoms with Crippen molar-refractivity contribution >= 4 is 66.2 Å². The van der Waals surface area contributed by atoms with E-state index >= 15 is 0 Å². The number of carbonyl (C=O) groups is 1. The van der Waals surface area contributed by atoms with E-state index in [0.29, 0.717) is 16.4 Å². The van der Waals surface area contributed by atoms with Crippen LogP contribution in [-0.4, -0.2) is 29.0 Å². The third-order valence-electron chi connectivity index (χ3n) is 4.03. The van der Waals surface area contributed by atoms with E-state index in [1.807, 2.05) is 0 Å². The maximum atomic E-state index is 12.5. The van der Waals surface area contributed by atoms with Gasteiger partial charge >= 0.3 is 0 Å². The summed E-state index contributed by atoms with van der Waals surface area (Å²) in [7, 11) is -7.36. The number of anilines is 3. The normalized spacial score (nSPS) is 11.6. The lowest BCUT2D eigenvalue weighted by Gasteiger charge is -2.11. The van der Waals surface area contributed by atoms with Gasteiger partial charge in [-0.1, -0.05) is 29.3 Å². The van der Waals surface area contributed by atoms with Crippen LogP contribution in [0.4, 0.5) is 17.1 Å². The fraction of sp³-hybridized carbons (Fsp3) is 0.0500. The van der Waals surface area contributed by atoms with Crippen LogP contribution in [0.15, 0.2) is 71.6 Å². The first-order valence-electron chi connectivity index (χ1n) is 8.90. The number of halogens is 2. The summed E-state index contributed by atoms with van der Waals surface area (Å²) < 4.78 is 52.4. The molecular weight excluding hydrogens is 497 g/mol. The van der Waals surface area contributed by atoms with Crippen molar-refractivity contribution in [2.45, 2.75) is 4.90 Å². The van der Waals surface area contributed by atoms with E-state index in [2.05, 4.69) is 14.8 Å². The molecule has 3 aromatic carbocycles. The maximum absolute atomic E-state index is 12.5. The Bertz CT molecular complexity index is 1380. The van der Waals surface area contributed by atoms with Crippen LogP contribution in [0.25, 0.3) is 0 Å². The molecule has 0 spiro atoms. The Morgan fingerprint density at radius 3 is 2.09 bits per heavy atom. The van der Waals surface area contributed by atoms with Gasteiger partial charge in [0.1, 0.15) is 0 Å². The van der Waals surface area contributed by atoms with Crippen molar-refractivity contribution in [2.24, 2.45) is 0 Å². The summed E-state index contributed by atoms with van der Waals surface area (Å²) in [4.78, 5) is 12.5. The molecule has 0 aliphatic rings. The summed E-state index contributed by atoms with van der Waals surface area (Å²) in [6.45, 7) is 0. The van der Waals surface area contributed by atoms with Crippen LogP contribution < -0.4 is 14.8 Å². The molecule has 3 aromatic rings. The molecule has 0 bridgehead atoms.